The zero-order valence-electron chi connectivity index (χ0n) is 11.7. The second kappa shape index (κ2) is 5.20. The van der Waals surface area contributed by atoms with Crippen LogP contribution in [0.5, 0.6) is 0 Å². The van der Waals surface area contributed by atoms with Crippen molar-refractivity contribution in [2.75, 3.05) is 12.3 Å². The molecule has 1 aliphatic heterocycles. The van der Waals surface area contributed by atoms with Crippen molar-refractivity contribution < 1.29 is 17.8 Å². The zero-order chi connectivity index (χ0) is 15.1. The van der Waals surface area contributed by atoms with E-state index in [1.165, 1.54) is 4.42 Å². The van der Waals surface area contributed by atoms with E-state index < -0.39 is 21.3 Å². The maximum atomic E-state index is 12.3. The van der Waals surface area contributed by atoms with Crippen molar-refractivity contribution in [3.8, 4) is 0 Å². The minimum Gasteiger partial charge on any atom is -0.322 e. The Morgan fingerprint density at radius 3 is 2.11 bits per heavy atom. The Hall–Kier alpha value is -0.370. The topological polar surface area (TPSA) is 77.9 Å². The van der Waals surface area contributed by atoms with Gasteiger partial charge in [0.1, 0.15) is 11.2 Å². The second-order valence-electron chi connectivity index (χ2n) is 5.78. The lowest BCUT2D eigenvalue weighted by Gasteiger charge is -2.35. The molecule has 0 aliphatic carbocycles. The highest BCUT2D eigenvalue weighted by atomic mass is 35.5. The molecule has 1 N–H and O–H groups in total. The van der Waals surface area contributed by atoms with Crippen LogP contribution in [0.3, 0.4) is 0 Å². The summed E-state index contributed by atoms with van der Waals surface area (Å²) in [6.45, 7) is 7.60. The highest BCUT2D eigenvalue weighted by Crippen LogP contribution is 2.39. The molecule has 0 atom stereocenters. The molecule has 19 heavy (non-hydrogen) atoms. The van der Waals surface area contributed by atoms with Crippen molar-refractivity contribution in [3.05, 3.63) is 0 Å². The van der Waals surface area contributed by atoms with Gasteiger partial charge in [0.2, 0.25) is 5.91 Å². The zero-order valence-corrected chi connectivity index (χ0v) is 13.3. The molecule has 0 spiro atoms. The average Bonchev–Trinajstić information content (AvgIpc) is 2.34. The molecule has 1 saturated heterocycles. The smallest absolute Gasteiger partial charge is 0.264 e. The lowest BCUT2D eigenvalue weighted by atomic mass is 10.1. The Morgan fingerprint density at radius 2 is 1.74 bits per heavy atom. The Bertz CT molecular complexity index is 461. The van der Waals surface area contributed by atoms with E-state index >= 15 is 0 Å². The molecule has 1 fully saturated rings. The first-order chi connectivity index (χ1) is 8.40. The molecule has 1 heterocycles. The molecule has 8 heteroatoms. The van der Waals surface area contributed by atoms with Crippen LogP contribution in [0.2, 0.25) is 0 Å². The van der Waals surface area contributed by atoms with E-state index in [2.05, 4.69) is 0 Å². The number of hydrogen-bond donors (Lipinski definition) is 1. The summed E-state index contributed by atoms with van der Waals surface area (Å²) >= 11 is 6.21. The van der Waals surface area contributed by atoms with Gasteiger partial charge in [0.25, 0.3) is 10.1 Å². The molecule has 6 nitrogen and oxygen atoms in total. The molecule has 0 bridgehead atoms. The SMILES string of the molecule is CC1(C)C(=O)N(CCCCS(=O)(=O)O)C(C)(C)N1Cl. The van der Waals surface area contributed by atoms with E-state index in [9.17, 15) is 13.2 Å². The number of halogens is 1. The van der Waals surface area contributed by atoms with E-state index in [1.54, 1.807) is 18.7 Å². The molecule has 0 radical (unpaired) electrons. The molecule has 0 aromatic rings. The van der Waals surface area contributed by atoms with Crippen LogP contribution in [-0.4, -0.2) is 51.7 Å². The molecule has 112 valence electrons. The summed E-state index contributed by atoms with van der Waals surface area (Å²) in [6.07, 6.45) is 0.803. The van der Waals surface area contributed by atoms with E-state index in [0.29, 0.717) is 19.4 Å². The fourth-order valence-electron chi connectivity index (χ4n) is 2.38. The van der Waals surface area contributed by atoms with Gasteiger partial charge in [-0.3, -0.25) is 9.35 Å². The highest BCUT2D eigenvalue weighted by molar-refractivity contribution is 7.85. The fourth-order valence-corrected chi connectivity index (χ4v) is 3.11. The maximum absolute atomic E-state index is 12.3. The monoisotopic (exact) mass is 312 g/mol. The molecule has 1 rings (SSSR count). The van der Waals surface area contributed by atoms with Gasteiger partial charge >= 0.3 is 0 Å². The average molecular weight is 313 g/mol. The van der Waals surface area contributed by atoms with Crippen LogP contribution in [-0.2, 0) is 14.9 Å². The normalized spacial score (nSPS) is 23.1. The van der Waals surface area contributed by atoms with E-state index in [4.69, 9.17) is 16.3 Å². The molecule has 1 amide bonds. The van der Waals surface area contributed by atoms with Gasteiger partial charge in [-0.05, 0) is 52.3 Å². The minimum absolute atomic E-state index is 0.0839. The minimum atomic E-state index is -3.94. The van der Waals surface area contributed by atoms with Crippen LogP contribution < -0.4 is 0 Å². The second-order valence-corrected chi connectivity index (χ2v) is 7.69. The largest absolute Gasteiger partial charge is 0.322 e. The number of hydrogen-bond acceptors (Lipinski definition) is 4. The molecule has 0 unspecified atom stereocenters. The number of amides is 1. The summed E-state index contributed by atoms with van der Waals surface area (Å²) < 4.78 is 31.4. The van der Waals surface area contributed by atoms with E-state index in [0.717, 1.165) is 0 Å². The Balaban J connectivity index is 2.66. The van der Waals surface area contributed by atoms with Crippen LogP contribution in [0, 0.1) is 0 Å². The third kappa shape index (κ3) is 3.39. The Morgan fingerprint density at radius 1 is 1.21 bits per heavy atom. The molecular formula is C11H21ClN2O4S. The lowest BCUT2D eigenvalue weighted by Crippen LogP contribution is -2.47. The van der Waals surface area contributed by atoms with Crippen LogP contribution in [0.4, 0.5) is 0 Å². The van der Waals surface area contributed by atoms with Crippen molar-refractivity contribution in [1.29, 1.82) is 0 Å². The first kappa shape index (κ1) is 16.7. The predicted octanol–water partition coefficient (Wildman–Crippen LogP) is 1.47. The summed E-state index contributed by atoms with van der Waals surface area (Å²) in [4.78, 5) is 13.9. The van der Waals surface area contributed by atoms with Gasteiger partial charge in [-0.1, -0.05) is 0 Å². The molecule has 0 aromatic heterocycles. The quantitative estimate of drug-likeness (QED) is 0.472. The third-order valence-corrected chi connectivity index (χ3v) is 5.08. The molecule has 0 aromatic carbocycles. The first-order valence-electron chi connectivity index (χ1n) is 6.14. The molecular weight excluding hydrogens is 292 g/mol. The summed E-state index contributed by atoms with van der Waals surface area (Å²) in [6, 6.07) is 0. The van der Waals surface area contributed by atoms with Crippen molar-refractivity contribution in [2.24, 2.45) is 0 Å². The molecule has 0 saturated carbocycles. The Kier molecular flexibility index (Phi) is 4.56. The van der Waals surface area contributed by atoms with Gasteiger partial charge in [0.15, 0.2) is 0 Å². The van der Waals surface area contributed by atoms with Crippen LogP contribution in [0.25, 0.3) is 0 Å². The van der Waals surface area contributed by atoms with Gasteiger partial charge in [0.05, 0.1) is 5.75 Å². The highest BCUT2D eigenvalue weighted by Gasteiger charge is 2.55. The van der Waals surface area contributed by atoms with Gasteiger partial charge in [-0.15, -0.1) is 0 Å². The van der Waals surface area contributed by atoms with Gasteiger partial charge in [0, 0.05) is 6.54 Å². The van der Waals surface area contributed by atoms with Crippen molar-refractivity contribution >= 4 is 27.8 Å². The Labute approximate surface area is 119 Å². The number of carbonyl (C=O) groups is 1. The molecule has 1 aliphatic rings. The van der Waals surface area contributed by atoms with E-state index in [-0.39, 0.29) is 11.7 Å². The first-order valence-corrected chi connectivity index (χ1v) is 8.09. The standard InChI is InChI=1S/C11H21ClN2O4S/c1-10(2)9(15)13(11(3,4)14(10)12)7-5-6-8-19(16,17)18/h5-8H2,1-4H3,(H,16,17,18). The fraction of sp³-hybridized carbons (Fsp3) is 0.909. The number of nitrogens with zero attached hydrogens (tertiary/aromatic N) is 2. The van der Waals surface area contributed by atoms with Crippen LogP contribution >= 0.6 is 11.8 Å². The predicted molar refractivity (Wildman–Crippen MR) is 73.2 cm³/mol. The van der Waals surface area contributed by atoms with Crippen molar-refractivity contribution in [2.45, 2.75) is 51.7 Å². The van der Waals surface area contributed by atoms with Gasteiger partial charge in [-0.25, -0.2) is 0 Å². The van der Waals surface area contributed by atoms with Gasteiger partial charge < -0.3 is 4.90 Å². The third-order valence-electron chi connectivity index (χ3n) is 3.43. The van der Waals surface area contributed by atoms with Crippen molar-refractivity contribution in [3.63, 3.8) is 0 Å². The van der Waals surface area contributed by atoms with Crippen LogP contribution in [0.15, 0.2) is 0 Å². The van der Waals surface area contributed by atoms with Gasteiger partial charge in [-0.2, -0.15) is 12.8 Å². The van der Waals surface area contributed by atoms with E-state index in [1.807, 2.05) is 13.8 Å². The number of rotatable bonds is 5. The summed E-state index contributed by atoms with van der Waals surface area (Å²) in [5.41, 5.74) is -1.41. The number of carbonyl (C=O) groups excluding carboxylic acids is 1. The lowest BCUT2D eigenvalue weighted by molar-refractivity contribution is -0.133. The summed E-state index contributed by atoms with van der Waals surface area (Å²) in [5.74, 6) is -0.372. The summed E-state index contributed by atoms with van der Waals surface area (Å²) in [5, 5.41) is 0. The van der Waals surface area contributed by atoms with Crippen LogP contribution in [0.1, 0.15) is 40.5 Å². The summed E-state index contributed by atoms with van der Waals surface area (Å²) in [7, 11) is -3.94. The van der Waals surface area contributed by atoms with Crippen molar-refractivity contribution in [1.82, 2.24) is 9.32 Å². The maximum Gasteiger partial charge on any atom is 0.264 e. The number of unbranched alkanes of at least 4 members (excludes halogenated alkanes) is 1.